The van der Waals surface area contributed by atoms with Gasteiger partial charge in [-0.1, -0.05) is 13.8 Å². The molecule has 3 heterocycles. The molecule has 1 aliphatic heterocycles. The monoisotopic (exact) mass is 553 g/mol. The van der Waals surface area contributed by atoms with Gasteiger partial charge < -0.3 is 31.2 Å². The van der Waals surface area contributed by atoms with E-state index in [4.69, 9.17) is 16.2 Å². The highest BCUT2D eigenvalue weighted by molar-refractivity contribution is 7.96. The van der Waals surface area contributed by atoms with Gasteiger partial charge in [0.2, 0.25) is 5.60 Å². The van der Waals surface area contributed by atoms with E-state index in [1.807, 2.05) is 6.26 Å². The molecule has 13 nitrogen and oxygen atoms in total. The summed E-state index contributed by atoms with van der Waals surface area (Å²) in [6.45, 7) is 3.52. The number of methoxy groups -OCH3 is 1. The van der Waals surface area contributed by atoms with Gasteiger partial charge in [0.25, 0.3) is 0 Å². The Bertz CT molecular complexity index is 1180. The topological polar surface area (TPSA) is 206 Å². The van der Waals surface area contributed by atoms with E-state index in [1.54, 1.807) is 13.8 Å². The van der Waals surface area contributed by atoms with Crippen molar-refractivity contribution in [3.63, 3.8) is 0 Å². The van der Waals surface area contributed by atoms with Gasteiger partial charge >= 0.3 is 5.97 Å². The minimum atomic E-state index is -2.63. The van der Waals surface area contributed by atoms with Crippen LogP contribution < -0.4 is 11.5 Å². The summed E-state index contributed by atoms with van der Waals surface area (Å²) >= 11 is 0. The number of carbonyl (C=O) groups is 3. The molecule has 0 amide bonds. The first-order valence-corrected chi connectivity index (χ1v) is 14.5. The number of hydrogen-bond acceptors (Lipinski definition) is 12. The van der Waals surface area contributed by atoms with Gasteiger partial charge in [0.05, 0.1) is 19.7 Å². The molecule has 2 aromatic heterocycles. The lowest BCUT2D eigenvalue weighted by Gasteiger charge is -2.38. The number of ether oxygens (including phenoxy) is 2. The number of fused-ring (bicyclic) bond motifs is 1. The number of rotatable bonds is 13. The van der Waals surface area contributed by atoms with Crippen LogP contribution in [0.15, 0.2) is 12.7 Å². The number of aliphatic hydroxyl groups is 2. The minimum absolute atomic E-state index is 0.0741. The number of ketones is 2. The van der Waals surface area contributed by atoms with Crippen LogP contribution >= 0.6 is 0 Å². The number of imidazole rings is 1. The van der Waals surface area contributed by atoms with Crippen molar-refractivity contribution in [3.05, 3.63) is 12.7 Å². The molecule has 0 aromatic carbocycles. The summed E-state index contributed by atoms with van der Waals surface area (Å²) < 4.78 is 12.2. The highest BCUT2D eigenvalue weighted by Crippen LogP contribution is 2.49. The van der Waals surface area contributed by atoms with Crippen molar-refractivity contribution in [3.8, 4) is 0 Å². The third-order valence-corrected chi connectivity index (χ3v) is 8.66. The lowest BCUT2D eigenvalue weighted by atomic mass is 9.72. The Morgan fingerprint density at radius 2 is 1.79 bits per heavy atom. The molecule has 0 bridgehead atoms. The van der Waals surface area contributed by atoms with Gasteiger partial charge in [-0.3, -0.25) is 19.0 Å². The molecule has 0 radical (unpaired) electrons. The summed E-state index contributed by atoms with van der Waals surface area (Å²) in [7, 11) is 0.730. The van der Waals surface area contributed by atoms with Gasteiger partial charge in [0.15, 0.2) is 34.9 Å². The molecule has 1 saturated heterocycles. The van der Waals surface area contributed by atoms with Crippen LogP contribution in [0.5, 0.6) is 0 Å². The molecule has 1 aliphatic rings. The average Bonchev–Trinajstić information content (AvgIpc) is 3.41. The van der Waals surface area contributed by atoms with Crippen LogP contribution in [0.25, 0.3) is 11.2 Å². The Morgan fingerprint density at radius 1 is 1.16 bits per heavy atom. The molecule has 14 heteroatoms. The van der Waals surface area contributed by atoms with Crippen LogP contribution in [0, 0.1) is 0 Å². The van der Waals surface area contributed by atoms with Gasteiger partial charge in [-0.2, -0.15) is 0 Å². The molecule has 6 atom stereocenters. The molecule has 38 heavy (non-hydrogen) atoms. The Kier molecular flexibility index (Phi) is 9.47. The maximum Gasteiger partial charge on any atom is 0.322 e. The predicted octanol–water partition coefficient (Wildman–Crippen LogP) is -0.355. The van der Waals surface area contributed by atoms with E-state index in [1.165, 1.54) is 24.3 Å². The van der Waals surface area contributed by atoms with Crippen LogP contribution in [-0.2, 0) is 34.8 Å². The maximum atomic E-state index is 13.6. The molecule has 1 fully saturated rings. The second kappa shape index (κ2) is 12.0. The van der Waals surface area contributed by atoms with Crippen LogP contribution in [0.4, 0.5) is 5.82 Å². The lowest BCUT2D eigenvalue weighted by Crippen LogP contribution is -2.67. The van der Waals surface area contributed by atoms with Crippen LogP contribution in [0.1, 0.15) is 52.2 Å². The number of esters is 1. The molecule has 1 unspecified atom stereocenters. The summed E-state index contributed by atoms with van der Waals surface area (Å²) in [6.07, 6.45) is 2.53. The maximum absolute atomic E-state index is 13.6. The Labute approximate surface area is 223 Å². The fraction of sp³-hybridized carbons (Fsp3) is 0.667. The molecule has 0 spiro atoms. The standard InChI is InChI=1S/C24H37N6O7S/c1-5-7-15(31)23(34)17(11-38(4)10-9-14(25)21(33)36-3)37-22(24(23,35)16(32)8-6-2)30-13-29-18-19(26)27-12-28-20(18)30/h12-14,17,22,34-35H,5-11,25H2,1-4H3,(H2,26,27,28)/q+1/t14-,17+,22+,23+,24-,38?/m0/s1. The molecule has 0 aliphatic carbocycles. The first-order chi connectivity index (χ1) is 18.0. The third kappa shape index (κ3) is 5.15. The van der Waals surface area contributed by atoms with Crippen molar-refractivity contribution in [2.75, 3.05) is 30.6 Å². The number of hydrogen-bond donors (Lipinski definition) is 4. The van der Waals surface area contributed by atoms with Crippen molar-refractivity contribution in [1.82, 2.24) is 19.5 Å². The molecule has 2 aromatic rings. The van der Waals surface area contributed by atoms with E-state index in [9.17, 15) is 24.6 Å². The Balaban J connectivity index is 2.07. The van der Waals surface area contributed by atoms with Crippen molar-refractivity contribution in [2.45, 2.75) is 75.5 Å². The molecule has 3 rings (SSSR count). The second-order valence-corrected chi connectivity index (χ2v) is 11.8. The van der Waals surface area contributed by atoms with E-state index in [-0.39, 0.29) is 35.6 Å². The van der Waals surface area contributed by atoms with Crippen molar-refractivity contribution in [2.24, 2.45) is 5.73 Å². The summed E-state index contributed by atoms with van der Waals surface area (Å²) in [5, 5.41) is 24.2. The summed E-state index contributed by atoms with van der Waals surface area (Å²) in [6, 6.07) is -0.821. The van der Waals surface area contributed by atoms with Crippen molar-refractivity contribution in [1.29, 1.82) is 0 Å². The first-order valence-electron chi connectivity index (χ1n) is 12.5. The normalized spacial score (nSPS) is 26.8. The summed E-state index contributed by atoms with van der Waals surface area (Å²) in [5.74, 6) is -1.28. The summed E-state index contributed by atoms with van der Waals surface area (Å²) in [5.41, 5.74) is 7.03. The number of anilines is 1. The third-order valence-electron chi connectivity index (χ3n) is 6.86. The van der Waals surface area contributed by atoms with Crippen LogP contribution in [0.2, 0.25) is 0 Å². The van der Waals surface area contributed by atoms with Gasteiger partial charge in [-0.05, 0) is 23.7 Å². The second-order valence-electron chi connectivity index (χ2n) is 9.51. The summed E-state index contributed by atoms with van der Waals surface area (Å²) in [4.78, 5) is 51.1. The first kappa shape index (κ1) is 29.9. The molecule has 0 saturated carbocycles. The number of nitrogens with two attached hydrogens (primary N) is 2. The fourth-order valence-electron chi connectivity index (χ4n) is 4.77. The smallest absolute Gasteiger partial charge is 0.322 e. The largest absolute Gasteiger partial charge is 0.468 e. The van der Waals surface area contributed by atoms with E-state index >= 15 is 0 Å². The van der Waals surface area contributed by atoms with E-state index in [0.717, 1.165) is 0 Å². The van der Waals surface area contributed by atoms with Crippen molar-refractivity contribution >= 4 is 45.4 Å². The van der Waals surface area contributed by atoms with Gasteiger partial charge in [0.1, 0.15) is 35.5 Å². The minimum Gasteiger partial charge on any atom is -0.468 e. The highest BCUT2D eigenvalue weighted by Gasteiger charge is 2.73. The quantitative estimate of drug-likeness (QED) is 0.185. The molecule has 210 valence electrons. The number of nitrogen functional groups attached to an aromatic ring is 1. The number of aromatic nitrogens is 4. The zero-order chi connectivity index (χ0) is 28.3. The number of Topliss-reactive ketones (excluding diaryl/α,β-unsaturated/α-hetero) is 2. The van der Waals surface area contributed by atoms with Gasteiger partial charge in [-0.25, -0.2) is 15.0 Å². The molecule has 6 N–H and O–H groups in total. The van der Waals surface area contributed by atoms with E-state index in [0.29, 0.717) is 25.0 Å². The predicted molar refractivity (Wildman–Crippen MR) is 141 cm³/mol. The number of carbonyl (C=O) groups excluding carboxylic acids is 3. The van der Waals surface area contributed by atoms with Gasteiger partial charge in [0, 0.05) is 19.3 Å². The zero-order valence-corrected chi connectivity index (χ0v) is 22.9. The Hall–Kier alpha value is -2.65. The molecular weight excluding hydrogens is 516 g/mol. The van der Waals surface area contributed by atoms with Gasteiger partial charge in [-0.15, -0.1) is 0 Å². The molecular formula is C24H37N6O7S+. The van der Waals surface area contributed by atoms with E-state index < -0.39 is 58.0 Å². The zero-order valence-electron chi connectivity index (χ0n) is 22.1. The van der Waals surface area contributed by atoms with E-state index in [2.05, 4.69) is 19.7 Å². The average molecular weight is 554 g/mol. The SMILES string of the molecule is CCCC(=O)[C@@]1(O)[C@@H](C[S+](C)CC[C@H](N)C(=O)OC)O[C@@H](n2cnc3c(N)ncnc32)[C@@]1(O)C(=O)CCC. The number of nitrogens with zero attached hydrogens (tertiary/aromatic N) is 4. The van der Waals surface area contributed by atoms with Crippen LogP contribution in [-0.4, -0.2) is 95.5 Å². The van der Waals surface area contributed by atoms with Crippen molar-refractivity contribution < 1.29 is 34.1 Å². The fourth-order valence-corrected chi connectivity index (χ4v) is 6.43. The lowest BCUT2D eigenvalue weighted by molar-refractivity contribution is -0.183. The Morgan fingerprint density at radius 3 is 2.39 bits per heavy atom. The van der Waals surface area contributed by atoms with Crippen LogP contribution in [0.3, 0.4) is 0 Å². The highest BCUT2D eigenvalue weighted by atomic mass is 32.2.